The average molecular weight is 383 g/mol. The van der Waals surface area contributed by atoms with Crippen LogP contribution in [-0.4, -0.2) is 44.7 Å². The third-order valence-corrected chi connectivity index (χ3v) is 4.91. The molecule has 2 heterocycles. The minimum Gasteiger partial charge on any atom is -0.506 e. The number of nitrogens with zero attached hydrogens (tertiary/aromatic N) is 2. The van der Waals surface area contributed by atoms with Crippen molar-refractivity contribution in [3.05, 3.63) is 51.4 Å². The van der Waals surface area contributed by atoms with E-state index < -0.39 is 22.8 Å². The summed E-state index contributed by atoms with van der Waals surface area (Å²) in [5.74, 6) is -1.89. The van der Waals surface area contributed by atoms with Gasteiger partial charge in [-0.25, -0.2) is 4.79 Å². The van der Waals surface area contributed by atoms with E-state index in [4.69, 9.17) is 0 Å². The molecule has 0 amide bonds. The number of hydrogen-bond donors (Lipinski definition) is 3. The molecule has 7 nitrogen and oxygen atoms in total. The van der Waals surface area contributed by atoms with Gasteiger partial charge in [-0.1, -0.05) is 19.4 Å². The fourth-order valence-corrected chi connectivity index (χ4v) is 3.60. The van der Waals surface area contributed by atoms with E-state index in [1.165, 1.54) is 0 Å². The number of carboxylic acid groups (broad SMARTS) is 1. The van der Waals surface area contributed by atoms with Crippen LogP contribution in [0.1, 0.15) is 35.0 Å². The zero-order valence-corrected chi connectivity index (χ0v) is 16.5. The summed E-state index contributed by atoms with van der Waals surface area (Å²) in [5.41, 5.74) is 2.46. The topological polar surface area (TPSA) is 98.6 Å². The maximum absolute atomic E-state index is 12.3. The van der Waals surface area contributed by atoms with Crippen molar-refractivity contribution in [1.82, 2.24) is 14.5 Å². The van der Waals surface area contributed by atoms with Gasteiger partial charge in [0, 0.05) is 35.8 Å². The third kappa shape index (κ3) is 3.41. The summed E-state index contributed by atoms with van der Waals surface area (Å²) in [5, 5.41) is 20.7. The predicted octanol–water partition coefficient (Wildman–Crippen LogP) is 2.95. The van der Waals surface area contributed by atoms with Crippen molar-refractivity contribution in [3.8, 4) is 17.0 Å². The highest BCUT2D eigenvalue weighted by atomic mass is 16.4. The number of aromatic nitrogens is 2. The second-order valence-corrected chi connectivity index (χ2v) is 7.29. The van der Waals surface area contributed by atoms with Crippen molar-refractivity contribution in [2.75, 3.05) is 14.1 Å². The van der Waals surface area contributed by atoms with Crippen molar-refractivity contribution >= 4 is 16.9 Å². The summed E-state index contributed by atoms with van der Waals surface area (Å²) < 4.78 is 2.12. The van der Waals surface area contributed by atoms with E-state index in [1.54, 1.807) is 0 Å². The van der Waals surface area contributed by atoms with Crippen LogP contribution in [0.25, 0.3) is 22.2 Å². The molecule has 28 heavy (non-hydrogen) atoms. The Morgan fingerprint density at radius 3 is 2.57 bits per heavy atom. The Morgan fingerprint density at radius 1 is 1.25 bits per heavy atom. The number of nitrogens with one attached hydrogen (secondary N) is 1. The molecular formula is C21H25N3O4. The van der Waals surface area contributed by atoms with Gasteiger partial charge in [-0.2, -0.15) is 0 Å². The molecule has 7 heteroatoms. The van der Waals surface area contributed by atoms with E-state index in [1.807, 2.05) is 46.3 Å². The molecule has 0 aliphatic heterocycles. The smallest absolute Gasteiger partial charge is 0.345 e. The summed E-state index contributed by atoms with van der Waals surface area (Å²) in [6.45, 7) is 2.73. The van der Waals surface area contributed by atoms with E-state index in [0.29, 0.717) is 24.1 Å². The van der Waals surface area contributed by atoms with Crippen molar-refractivity contribution in [3.63, 3.8) is 0 Å². The van der Waals surface area contributed by atoms with E-state index in [0.717, 1.165) is 28.7 Å². The fourth-order valence-electron chi connectivity index (χ4n) is 3.60. The highest BCUT2D eigenvalue weighted by Gasteiger charge is 2.22. The molecule has 1 aromatic carbocycles. The largest absolute Gasteiger partial charge is 0.506 e. The van der Waals surface area contributed by atoms with Gasteiger partial charge < -0.3 is 24.7 Å². The van der Waals surface area contributed by atoms with E-state index in [9.17, 15) is 19.8 Å². The van der Waals surface area contributed by atoms with Gasteiger partial charge >= 0.3 is 5.97 Å². The number of aromatic amines is 1. The second-order valence-electron chi connectivity index (χ2n) is 7.29. The molecule has 0 bridgehead atoms. The molecule has 0 unspecified atom stereocenters. The van der Waals surface area contributed by atoms with E-state index >= 15 is 0 Å². The molecule has 0 saturated carbocycles. The van der Waals surface area contributed by atoms with Crippen molar-refractivity contribution in [2.45, 2.75) is 26.3 Å². The molecule has 2 aromatic heterocycles. The van der Waals surface area contributed by atoms with Gasteiger partial charge in [-0.05, 0) is 44.3 Å². The molecule has 0 radical (unpaired) electrons. The summed E-state index contributed by atoms with van der Waals surface area (Å²) in [7, 11) is 6.04. The number of aryl methyl sites for hydroxylation is 1. The van der Waals surface area contributed by atoms with Crippen LogP contribution in [0, 0.1) is 0 Å². The number of rotatable bonds is 6. The van der Waals surface area contributed by atoms with Gasteiger partial charge in [-0.15, -0.1) is 0 Å². The van der Waals surface area contributed by atoms with Gasteiger partial charge in [-0.3, -0.25) is 4.79 Å². The van der Waals surface area contributed by atoms with E-state index in [2.05, 4.69) is 20.5 Å². The number of fused-ring (bicyclic) bond motifs is 1. The molecule has 3 N–H and O–H groups in total. The number of hydrogen-bond acceptors (Lipinski definition) is 4. The molecule has 0 aliphatic carbocycles. The van der Waals surface area contributed by atoms with Crippen LogP contribution in [0.4, 0.5) is 0 Å². The summed E-state index contributed by atoms with van der Waals surface area (Å²) in [4.78, 5) is 28.4. The molecule has 148 valence electrons. The molecular weight excluding hydrogens is 358 g/mol. The van der Waals surface area contributed by atoms with Gasteiger partial charge in [0.15, 0.2) is 5.56 Å². The normalized spacial score (nSPS) is 11.5. The third-order valence-electron chi connectivity index (χ3n) is 4.91. The average Bonchev–Trinajstić information content (AvgIpc) is 2.91. The van der Waals surface area contributed by atoms with Crippen LogP contribution in [0.3, 0.4) is 0 Å². The molecule has 0 saturated heterocycles. The lowest BCUT2D eigenvalue weighted by Gasteiger charge is -2.13. The lowest BCUT2D eigenvalue weighted by atomic mass is 9.98. The Kier molecular flexibility index (Phi) is 5.29. The van der Waals surface area contributed by atoms with Crippen LogP contribution in [0.2, 0.25) is 0 Å². The van der Waals surface area contributed by atoms with Crippen LogP contribution in [-0.2, 0) is 20.0 Å². The monoisotopic (exact) mass is 383 g/mol. The maximum Gasteiger partial charge on any atom is 0.345 e. The highest BCUT2D eigenvalue weighted by molar-refractivity contribution is 5.92. The van der Waals surface area contributed by atoms with Gasteiger partial charge in [0.2, 0.25) is 0 Å². The van der Waals surface area contributed by atoms with Crippen molar-refractivity contribution < 1.29 is 15.0 Å². The summed E-state index contributed by atoms with van der Waals surface area (Å²) in [6, 6.07) is 7.91. The first-order valence-electron chi connectivity index (χ1n) is 9.19. The molecule has 3 aromatic rings. The van der Waals surface area contributed by atoms with Crippen LogP contribution >= 0.6 is 0 Å². The minimum absolute atomic E-state index is 0.447. The number of carboxylic acids is 1. The Hall–Kier alpha value is -3.06. The molecule has 0 fully saturated rings. The summed E-state index contributed by atoms with van der Waals surface area (Å²) in [6.07, 6.45) is 1.16. The molecule has 0 aliphatic rings. The SMILES string of the molecule is CCCc1c(-c2ccc3c(c2)cc(CN(C)C)n3C)[nH]c(=O)c(C(=O)O)c1O. The zero-order valence-electron chi connectivity index (χ0n) is 16.5. The summed E-state index contributed by atoms with van der Waals surface area (Å²) >= 11 is 0. The quantitative estimate of drug-likeness (QED) is 0.608. The van der Waals surface area contributed by atoms with Gasteiger partial charge in [0.25, 0.3) is 5.56 Å². The lowest BCUT2D eigenvalue weighted by molar-refractivity contribution is 0.0691. The van der Waals surface area contributed by atoms with Gasteiger partial charge in [0.1, 0.15) is 5.75 Å². The fraction of sp³-hybridized carbons (Fsp3) is 0.333. The number of aromatic hydroxyl groups is 1. The second kappa shape index (κ2) is 7.52. The lowest BCUT2D eigenvalue weighted by Crippen LogP contribution is -2.20. The van der Waals surface area contributed by atoms with Crippen molar-refractivity contribution in [2.24, 2.45) is 7.05 Å². The number of pyridine rings is 1. The first-order valence-corrected chi connectivity index (χ1v) is 9.19. The zero-order chi connectivity index (χ0) is 20.6. The maximum atomic E-state index is 12.3. The minimum atomic E-state index is -1.44. The van der Waals surface area contributed by atoms with Crippen molar-refractivity contribution in [1.29, 1.82) is 0 Å². The van der Waals surface area contributed by atoms with Gasteiger partial charge in [0.05, 0.1) is 5.69 Å². The highest BCUT2D eigenvalue weighted by Crippen LogP contribution is 2.32. The van der Waals surface area contributed by atoms with Crippen LogP contribution < -0.4 is 5.56 Å². The number of benzene rings is 1. The first-order chi connectivity index (χ1) is 13.2. The molecule has 3 rings (SSSR count). The number of H-pyrrole nitrogens is 1. The Balaban J connectivity index is 2.21. The van der Waals surface area contributed by atoms with E-state index in [-0.39, 0.29) is 0 Å². The molecule has 0 spiro atoms. The Bertz CT molecular complexity index is 1110. The standard InChI is InChI=1S/C21H25N3O4/c1-5-6-15-18(22-20(26)17(19(15)25)21(27)28)12-7-8-16-13(9-12)10-14(24(16)4)11-23(2)3/h7-10H,5-6,11H2,1-4H3,(H,27,28)(H2,22,25,26). The number of aromatic carboxylic acids is 1. The first kappa shape index (κ1) is 19.7. The number of carbonyl (C=O) groups is 1. The molecule has 0 atom stereocenters. The van der Waals surface area contributed by atoms with Crippen LogP contribution in [0.15, 0.2) is 29.1 Å². The predicted molar refractivity (Wildman–Crippen MR) is 109 cm³/mol. The Morgan fingerprint density at radius 2 is 1.96 bits per heavy atom. The Labute approximate surface area is 162 Å². The van der Waals surface area contributed by atoms with Crippen LogP contribution in [0.5, 0.6) is 5.75 Å².